The Kier molecular flexibility index (Phi) is 18.2. The van der Waals surface area contributed by atoms with Crippen LogP contribution >= 0.6 is 0 Å². The number of methoxy groups -OCH3 is 1. The van der Waals surface area contributed by atoms with E-state index in [-0.39, 0.29) is 37.8 Å². The lowest BCUT2D eigenvalue weighted by atomic mass is 9.78. The van der Waals surface area contributed by atoms with Crippen molar-refractivity contribution in [3.05, 3.63) is 48.2 Å². The van der Waals surface area contributed by atoms with E-state index in [9.17, 15) is 34.8 Å². The highest BCUT2D eigenvalue weighted by Gasteiger charge is 2.54. The van der Waals surface area contributed by atoms with E-state index in [0.29, 0.717) is 6.42 Å². The number of pyridine rings is 1. The summed E-state index contributed by atoms with van der Waals surface area (Å²) in [5, 5.41) is 51.2. The zero-order valence-electron chi connectivity index (χ0n) is 41.6. The Bertz CT molecular complexity index is 2010. The standard InChI is InChI=1S/C50H77N3O14/c1-14-37-50(10,60)42(56)31(6)45(57)52-27(2)24-48(8,59)43(67-47-40(55)36(53(11)12)22-28(3)62-47)29(4)41(30(5)46(58)64-37)66-39-25-49(9,61-13)44(32(7)63-39)65-38(54)21-17-18-33-23-34-19-15-16-20-35(34)51-26-33/h15-20,23,26-32,36-37,39-44,47,55-56,59-60H,14,21-22,24-25H2,1-13H3,(H,52,57)/b18-17+/t27-,28-,29+,30-,31-,32+,36+,37-,39+,40-,41-,42-,43-,44+,47+,48+,49-,50-/m1/s1. The summed E-state index contributed by atoms with van der Waals surface area (Å²) in [6.07, 6.45) is -4.99. The second-order valence-corrected chi connectivity index (χ2v) is 20.1. The van der Waals surface area contributed by atoms with Crippen molar-refractivity contribution in [3.8, 4) is 0 Å². The van der Waals surface area contributed by atoms with Gasteiger partial charge in [0.2, 0.25) is 5.91 Å². The number of rotatable bonds is 11. The summed E-state index contributed by atoms with van der Waals surface area (Å²) < 4.78 is 44.4. The van der Waals surface area contributed by atoms with Crippen molar-refractivity contribution in [2.75, 3.05) is 21.2 Å². The molecule has 17 heteroatoms. The summed E-state index contributed by atoms with van der Waals surface area (Å²) >= 11 is 0. The second kappa shape index (κ2) is 22.4. The van der Waals surface area contributed by atoms with E-state index in [1.54, 1.807) is 60.7 Å². The van der Waals surface area contributed by atoms with Gasteiger partial charge in [-0.15, -0.1) is 0 Å². The van der Waals surface area contributed by atoms with Crippen molar-refractivity contribution in [1.29, 1.82) is 0 Å². The molecule has 0 bridgehead atoms. The predicted octanol–water partition coefficient (Wildman–Crippen LogP) is 4.29. The number of hydrogen-bond acceptors (Lipinski definition) is 16. The van der Waals surface area contributed by atoms with Crippen LogP contribution in [-0.4, -0.2) is 160 Å². The third-order valence-electron chi connectivity index (χ3n) is 14.1. The quantitative estimate of drug-likeness (QED) is 0.198. The highest BCUT2D eigenvalue weighted by atomic mass is 16.7. The highest BCUT2D eigenvalue weighted by Crippen LogP contribution is 2.40. The number of aliphatic hydroxyl groups is 4. The number of carbonyl (C=O) groups is 3. The fraction of sp³-hybridized carbons (Fsp3) is 0.720. The topological polar surface area (TPSA) is 225 Å². The number of ether oxygens (including phenoxy) is 7. The lowest BCUT2D eigenvalue weighted by Crippen LogP contribution is -2.61. The van der Waals surface area contributed by atoms with Gasteiger partial charge in [0.05, 0.1) is 59.9 Å². The molecule has 1 aromatic heterocycles. The number of amides is 1. The van der Waals surface area contributed by atoms with Crippen LogP contribution in [0.2, 0.25) is 0 Å². The maximum atomic E-state index is 14.5. The molecule has 0 radical (unpaired) electrons. The molecule has 67 heavy (non-hydrogen) atoms. The molecule has 3 fully saturated rings. The molecule has 18 atom stereocenters. The number of carbonyl (C=O) groups excluding carboxylic acids is 3. The molecule has 5 N–H and O–H groups in total. The first-order valence-electron chi connectivity index (χ1n) is 23.7. The Hall–Kier alpha value is -3.62. The zero-order chi connectivity index (χ0) is 49.8. The molecule has 5 rings (SSSR count). The van der Waals surface area contributed by atoms with Crippen molar-refractivity contribution in [1.82, 2.24) is 15.2 Å². The van der Waals surface area contributed by atoms with Gasteiger partial charge in [0.1, 0.15) is 23.4 Å². The number of nitrogens with zero attached hydrogens (tertiary/aromatic N) is 2. The van der Waals surface area contributed by atoms with Gasteiger partial charge in [0.15, 0.2) is 18.7 Å². The number of cyclic esters (lactones) is 1. The summed E-state index contributed by atoms with van der Waals surface area (Å²) in [4.78, 5) is 47.8. The van der Waals surface area contributed by atoms with Gasteiger partial charge < -0.3 is 63.8 Å². The normalized spacial score (nSPS) is 40.8. The molecular weight excluding hydrogens is 867 g/mol. The second-order valence-electron chi connectivity index (χ2n) is 20.1. The molecule has 376 valence electrons. The van der Waals surface area contributed by atoms with Crippen LogP contribution in [0.5, 0.6) is 0 Å². The predicted molar refractivity (Wildman–Crippen MR) is 249 cm³/mol. The Labute approximate surface area is 395 Å². The number of fused-ring (bicyclic) bond motifs is 1. The van der Waals surface area contributed by atoms with E-state index in [2.05, 4.69) is 10.3 Å². The largest absolute Gasteiger partial charge is 0.459 e. The maximum absolute atomic E-state index is 14.5. The van der Waals surface area contributed by atoms with Crippen LogP contribution in [0.4, 0.5) is 0 Å². The third-order valence-corrected chi connectivity index (χ3v) is 14.1. The molecule has 3 saturated heterocycles. The summed E-state index contributed by atoms with van der Waals surface area (Å²) in [5.74, 6) is -5.10. The fourth-order valence-corrected chi connectivity index (χ4v) is 10.1. The van der Waals surface area contributed by atoms with E-state index in [1.165, 1.54) is 21.0 Å². The van der Waals surface area contributed by atoms with E-state index >= 15 is 0 Å². The first-order chi connectivity index (χ1) is 31.3. The van der Waals surface area contributed by atoms with Gasteiger partial charge in [-0.05, 0) is 99.5 Å². The van der Waals surface area contributed by atoms with Crippen molar-refractivity contribution in [3.63, 3.8) is 0 Å². The number of benzene rings is 1. The van der Waals surface area contributed by atoms with Gasteiger partial charge >= 0.3 is 11.9 Å². The minimum atomic E-state index is -2.06. The molecule has 4 heterocycles. The summed E-state index contributed by atoms with van der Waals surface area (Å²) in [7, 11) is 5.19. The number of para-hydroxylation sites is 1. The first-order valence-corrected chi connectivity index (χ1v) is 23.7. The van der Waals surface area contributed by atoms with E-state index in [1.807, 2.05) is 62.3 Å². The summed E-state index contributed by atoms with van der Waals surface area (Å²) in [6.45, 7) is 16.4. The molecule has 3 aliphatic rings. The van der Waals surface area contributed by atoms with Crippen LogP contribution in [0, 0.1) is 17.8 Å². The van der Waals surface area contributed by atoms with Gasteiger partial charge in [0.25, 0.3) is 0 Å². The van der Waals surface area contributed by atoms with E-state index < -0.39 is 114 Å². The molecule has 2 aromatic rings. The number of nitrogens with one attached hydrogen (secondary N) is 1. The lowest BCUT2D eigenvalue weighted by Gasteiger charge is -2.49. The van der Waals surface area contributed by atoms with Crippen LogP contribution in [-0.2, 0) is 47.5 Å². The molecule has 0 aliphatic carbocycles. The van der Waals surface area contributed by atoms with Crippen molar-refractivity contribution >= 4 is 34.8 Å². The number of aliphatic hydroxyl groups excluding tert-OH is 2. The average molecular weight is 944 g/mol. The number of esters is 2. The van der Waals surface area contributed by atoms with Gasteiger partial charge in [-0.3, -0.25) is 19.4 Å². The third kappa shape index (κ3) is 12.8. The van der Waals surface area contributed by atoms with Crippen LogP contribution in [0.1, 0.15) is 107 Å². The number of hydrogen-bond donors (Lipinski definition) is 5. The molecule has 0 unspecified atom stereocenters. The molecule has 17 nitrogen and oxygen atoms in total. The van der Waals surface area contributed by atoms with Crippen molar-refractivity contribution in [2.24, 2.45) is 17.8 Å². The van der Waals surface area contributed by atoms with Crippen molar-refractivity contribution in [2.45, 2.75) is 192 Å². The van der Waals surface area contributed by atoms with Crippen LogP contribution in [0.3, 0.4) is 0 Å². The Morgan fingerprint density at radius 1 is 0.970 bits per heavy atom. The smallest absolute Gasteiger partial charge is 0.311 e. The maximum Gasteiger partial charge on any atom is 0.311 e. The molecule has 0 spiro atoms. The molecular formula is C50H77N3O14. The van der Waals surface area contributed by atoms with Gasteiger partial charge in [0, 0.05) is 43.1 Å². The lowest BCUT2D eigenvalue weighted by molar-refractivity contribution is -0.318. The molecule has 1 aromatic carbocycles. The Morgan fingerprint density at radius 2 is 1.66 bits per heavy atom. The van der Waals surface area contributed by atoms with Crippen LogP contribution in [0.25, 0.3) is 17.0 Å². The molecule has 1 amide bonds. The number of likely N-dealkylation sites (N-methyl/N-ethyl adjacent to an activating group) is 1. The minimum Gasteiger partial charge on any atom is -0.459 e. The monoisotopic (exact) mass is 944 g/mol. The molecule has 3 aliphatic heterocycles. The highest BCUT2D eigenvalue weighted by molar-refractivity contribution is 5.81. The average Bonchev–Trinajstić information content (AvgIpc) is 3.26. The SMILES string of the molecule is CC[C@H]1OC(=O)[C@H](C)[C@H](O[C@H]2C[C@@](C)(OC)[C@@H](OC(=O)C/C=C/c3cnc4ccccc4c3)[C@H](C)O2)[C@H](C)[C@@H](O[C@@H]2O[C@H](C)C[C@H](N(C)C)[C@H]2O)[C@@](C)(O)C[C@@H](C)NC(=O)[C@H](C)[C@@H](O)[C@]1(C)O. The first kappa shape index (κ1) is 54.3. The fourth-order valence-electron chi connectivity index (χ4n) is 10.1. The molecule has 0 saturated carbocycles. The van der Waals surface area contributed by atoms with Gasteiger partial charge in [-0.25, -0.2) is 0 Å². The van der Waals surface area contributed by atoms with Gasteiger partial charge in [-0.2, -0.15) is 0 Å². The number of aromatic nitrogens is 1. The van der Waals surface area contributed by atoms with Crippen molar-refractivity contribution < 1.29 is 68.0 Å². The minimum absolute atomic E-state index is 0.0310. The Morgan fingerprint density at radius 3 is 2.31 bits per heavy atom. The van der Waals surface area contributed by atoms with Crippen LogP contribution in [0.15, 0.2) is 42.6 Å². The summed E-state index contributed by atoms with van der Waals surface area (Å²) in [5.41, 5.74) is -3.31. The zero-order valence-corrected chi connectivity index (χ0v) is 41.6. The van der Waals surface area contributed by atoms with E-state index in [4.69, 9.17) is 33.2 Å². The summed E-state index contributed by atoms with van der Waals surface area (Å²) in [6, 6.07) is 8.67. The Balaban J connectivity index is 1.47. The van der Waals surface area contributed by atoms with E-state index in [0.717, 1.165) is 16.5 Å². The van der Waals surface area contributed by atoms with Crippen LogP contribution < -0.4 is 5.32 Å². The van der Waals surface area contributed by atoms with Gasteiger partial charge in [-0.1, -0.05) is 51.1 Å².